The van der Waals surface area contributed by atoms with Crippen molar-refractivity contribution in [3.63, 3.8) is 0 Å². The topological polar surface area (TPSA) is 58.4 Å². The fraction of sp³-hybridized carbons (Fsp3) is 0.421. The van der Waals surface area contributed by atoms with Crippen LogP contribution < -0.4 is 11.1 Å². The number of benzene rings is 1. The molecule has 4 heterocycles. The van der Waals surface area contributed by atoms with Gasteiger partial charge in [0, 0.05) is 22.7 Å². The molecule has 5 rings (SSSR count). The number of nitrogens with two attached hydrogens (primary N) is 1. The van der Waals surface area contributed by atoms with Crippen molar-refractivity contribution in [1.29, 1.82) is 0 Å². The smallest absolute Gasteiger partial charge is 0.261 e. The fourth-order valence-electron chi connectivity index (χ4n) is 3.95. The molecule has 1 aromatic heterocycles. The highest BCUT2D eigenvalue weighted by atomic mass is 32.2. The summed E-state index contributed by atoms with van der Waals surface area (Å²) in [5, 5.41) is 3.30. The molecular weight excluding hydrogens is 350 g/mol. The van der Waals surface area contributed by atoms with Gasteiger partial charge in [0.1, 0.15) is 0 Å². The summed E-state index contributed by atoms with van der Waals surface area (Å²) in [4.78, 5) is 17.0. The lowest BCUT2D eigenvalue weighted by Gasteiger charge is -2.49. The first-order chi connectivity index (χ1) is 12.1. The van der Waals surface area contributed by atoms with E-state index in [1.165, 1.54) is 37.3 Å². The largest absolute Gasteiger partial charge is 0.398 e. The Kier molecular flexibility index (Phi) is 4.75. The molecule has 0 aliphatic carbocycles. The lowest BCUT2D eigenvalue weighted by molar-refractivity contribution is 0.0218. The van der Waals surface area contributed by atoms with Gasteiger partial charge in [-0.2, -0.15) is 0 Å². The van der Waals surface area contributed by atoms with Gasteiger partial charge in [0.15, 0.2) is 0 Å². The van der Waals surface area contributed by atoms with Gasteiger partial charge in [-0.05, 0) is 63.0 Å². The van der Waals surface area contributed by atoms with Crippen molar-refractivity contribution in [2.75, 3.05) is 18.8 Å². The molecule has 0 unspecified atom stereocenters. The van der Waals surface area contributed by atoms with E-state index in [-0.39, 0.29) is 11.9 Å². The highest BCUT2D eigenvalue weighted by molar-refractivity contribution is 8.01. The molecule has 25 heavy (non-hydrogen) atoms. The first kappa shape index (κ1) is 16.9. The average molecular weight is 374 g/mol. The number of hydrogen-bond acceptors (Lipinski definition) is 5. The molecule has 2 bridgehead atoms. The predicted molar refractivity (Wildman–Crippen MR) is 104 cm³/mol. The van der Waals surface area contributed by atoms with Crippen LogP contribution in [0.3, 0.4) is 0 Å². The van der Waals surface area contributed by atoms with E-state index in [4.69, 9.17) is 5.73 Å². The summed E-state index contributed by atoms with van der Waals surface area (Å²) in [6.45, 7) is 4.59. The molecule has 2 atom stereocenters. The number of nitrogens with zero attached hydrogens (tertiary/aromatic N) is 1. The number of amides is 1. The van der Waals surface area contributed by atoms with Crippen molar-refractivity contribution < 1.29 is 4.79 Å². The Morgan fingerprint density at radius 1 is 1.24 bits per heavy atom. The molecule has 1 amide bonds. The molecule has 3 aliphatic heterocycles. The zero-order valence-electron chi connectivity index (χ0n) is 14.3. The van der Waals surface area contributed by atoms with E-state index in [0.29, 0.717) is 12.0 Å². The van der Waals surface area contributed by atoms with E-state index in [1.54, 1.807) is 11.8 Å². The molecule has 1 aromatic carbocycles. The highest BCUT2D eigenvalue weighted by Crippen LogP contribution is 2.37. The Morgan fingerprint density at radius 2 is 2.00 bits per heavy atom. The molecule has 3 N–H and O–H groups in total. The van der Waals surface area contributed by atoms with Crippen molar-refractivity contribution >= 4 is 34.7 Å². The van der Waals surface area contributed by atoms with Gasteiger partial charge >= 0.3 is 0 Å². The average Bonchev–Trinajstić information content (AvgIpc) is 3.09. The van der Waals surface area contributed by atoms with Crippen LogP contribution in [0.5, 0.6) is 0 Å². The van der Waals surface area contributed by atoms with Crippen LogP contribution in [-0.2, 0) is 0 Å². The van der Waals surface area contributed by atoms with Crippen molar-refractivity contribution in [3.05, 3.63) is 41.3 Å². The quantitative estimate of drug-likeness (QED) is 0.803. The lowest BCUT2D eigenvalue weighted by atomic mass is 9.79. The number of fused-ring (bicyclic) bond motifs is 3. The molecule has 3 saturated heterocycles. The minimum absolute atomic E-state index is 0.0588. The van der Waals surface area contributed by atoms with Crippen molar-refractivity contribution in [3.8, 4) is 0 Å². The van der Waals surface area contributed by atoms with Gasteiger partial charge in [-0.15, -0.1) is 11.3 Å². The van der Waals surface area contributed by atoms with Gasteiger partial charge in [-0.3, -0.25) is 9.69 Å². The molecule has 0 spiro atoms. The minimum atomic E-state index is 0.0588. The Balaban J connectivity index is 1.43. The number of piperidine rings is 3. The van der Waals surface area contributed by atoms with Crippen LogP contribution in [0, 0.1) is 5.92 Å². The van der Waals surface area contributed by atoms with Crippen LogP contribution in [0.25, 0.3) is 0 Å². The van der Waals surface area contributed by atoms with Crippen LogP contribution in [0.4, 0.5) is 5.69 Å². The maximum absolute atomic E-state index is 12.7. The maximum atomic E-state index is 12.7. The standard InChI is InChI=1S/C19H23N3OS2/c1-12-18(13-8-10-22(12)11-9-13)21-19(23)16-6-7-17(25-16)24-15-5-3-2-4-14(15)20/h2-7,12-13,18H,8-11,20H2,1H3,(H,21,23)/t12-,18+/m1/s1. The first-order valence-electron chi connectivity index (χ1n) is 8.79. The summed E-state index contributed by atoms with van der Waals surface area (Å²) in [7, 11) is 0. The van der Waals surface area contributed by atoms with E-state index in [2.05, 4.69) is 17.1 Å². The second-order valence-electron chi connectivity index (χ2n) is 6.87. The number of nitrogen functional groups attached to an aromatic ring is 1. The van der Waals surface area contributed by atoms with E-state index < -0.39 is 0 Å². The second-order valence-corrected chi connectivity index (χ2v) is 9.30. The number of nitrogens with one attached hydrogen (secondary N) is 1. The molecule has 3 fully saturated rings. The number of thiophene rings is 1. The zero-order chi connectivity index (χ0) is 17.4. The van der Waals surface area contributed by atoms with Gasteiger partial charge in [0.05, 0.1) is 9.09 Å². The first-order valence-corrected chi connectivity index (χ1v) is 10.4. The van der Waals surface area contributed by atoms with Crippen molar-refractivity contribution in [2.45, 2.75) is 41.0 Å². The summed E-state index contributed by atoms with van der Waals surface area (Å²) >= 11 is 3.15. The normalized spacial score (nSPS) is 28.0. The van der Waals surface area contributed by atoms with Crippen LogP contribution in [0.2, 0.25) is 0 Å². The van der Waals surface area contributed by atoms with E-state index in [1.807, 2.05) is 36.4 Å². The van der Waals surface area contributed by atoms with E-state index in [9.17, 15) is 4.79 Å². The Labute approximate surface area is 156 Å². The zero-order valence-corrected chi connectivity index (χ0v) is 15.9. The van der Waals surface area contributed by atoms with Crippen LogP contribution in [-0.4, -0.2) is 36.0 Å². The molecule has 132 valence electrons. The summed E-state index contributed by atoms with van der Waals surface area (Å²) in [5.41, 5.74) is 6.78. The Bertz CT molecular complexity index is 766. The number of rotatable bonds is 4. The Morgan fingerprint density at radius 3 is 2.72 bits per heavy atom. The van der Waals surface area contributed by atoms with E-state index in [0.717, 1.165) is 19.7 Å². The summed E-state index contributed by atoms with van der Waals surface area (Å²) < 4.78 is 1.09. The van der Waals surface area contributed by atoms with E-state index >= 15 is 0 Å². The third kappa shape index (κ3) is 3.43. The van der Waals surface area contributed by atoms with Crippen molar-refractivity contribution in [1.82, 2.24) is 10.2 Å². The Hall–Kier alpha value is -1.50. The SMILES string of the molecule is C[C@@H]1[C@H](NC(=O)c2ccc(Sc3ccccc3N)s2)C2CCN1CC2. The summed E-state index contributed by atoms with van der Waals surface area (Å²) in [5.74, 6) is 0.686. The van der Waals surface area contributed by atoms with Gasteiger partial charge in [0.2, 0.25) is 0 Å². The number of hydrogen-bond donors (Lipinski definition) is 2. The number of carbonyl (C=O) groups excluding carboxylic acids is 1. The van der Waals surface area contributed by atoms with Gasteiger partial charge < -0.3 is 11.1 Å². The van der Waals surface area contributed by atoms with Crippen LogP contribution >= 0.6 is 23.1 Å². The maximum Gasteiger partial charge on any atom is 0.261 e. The number of anilines is 1. The lowest BCUT2D eigenvalue weighted by Crippen LogP contribution is -2.62. The molecule has 4 nitrogen and oxygen atoms in total. The number of carbonyl (C=O) groups is 1. The highest BCUT2D eigenvalue weighted by Gasteiger charge is 2.40. The predicted octanol–water partition coefficient (Wildman–Crippen LogP) is 3.69. The number of para-hydroxylation sites is 1. The molecule has 0 radical (unpaired) electrons. The van der Waals surface area contributed by atoms with Gasteiger partial charge in [-0.25, -0.2) is 0 Å². The summed E-state index contributed by atoms with van der Waals surface area (Å²) in [6.07, 6.45) is 2.40. The molecule has 0 saturated carbocycles. The monoisotopic (exact) mass is 373 g/mol. The molecule has 2 aromatic rings. The molecule has 6 heteroatoms. The third-order valence-corrected chi connectivity index (χ3v) is 7.72. The summed E-state index contributed by atoms with van der Waals surface area (Å²) in [6, 6.07) is 12.5. The molecule has 3 aliphatic rings. The third-order valence-electron chi connectivity index (χ3n) is 5.41. The van der Waals surface area contributed by atoms with Gasteiger partial charge in [0.25, 0.3) is 5.91 Å². The second kappa shape index (κ2) is 7.02. The minimum Gasteiger partial charge on any atom is -0.398 e. The van der Waals surface area contributed by atoms with Crippen LogP contribution in [0.1, 0.15) is 29.4 Å². The van der Waals surface area contributed by atoms with Crippen molar-refractivity contribution in [2.24, 2.45) is 5.92 Å². The van der Waals surface area contributed by atoms with Gasteiger partial charge in [-0.1, -0.05) is 23.9 Å². The molecular formula is C19H23N3OS2. The van der Waals surface area contributed by atoms with Crippen LogP contribution in [0.15, 0.2) is 45.5 Å². The fourth-order valence-corrected chi connectivity index (χ4v) is 5.98.